The third kappa shape index (κ3) is 2.34. The van der Waals surface area contributed by atoms with E-state index in [1.54, 1.807) is 0 Å². The van der Waals surface area contributed by atoms with Crippen LogP contribution in [-0.2, 0) is 0 Å². The number of nitrogen functional groups attached to an aromatic ring is 2. The molecule has 118 valence electrons. The SMILES string of the molecule is Nc1nc(-c2ccccc2)c2nc(N)n(N3CCCCC3)c2n1. The lowest BCUT2D eigenvalue weighted by atomic mass is 10.1. The summed E-state index contributed by atoms with van der Waals surface area (Å²) in [4.78, 5) is 13.3. The van der Waals surface area contributed by atoms with Crippen LogP contribution >= 0.6 is 0 Å². The highest BCUT2D eigenvalue weighted by Crippen LogP contribution is 2.28. The van der Waals surface area contributed by atoms with Gasteiger partial charge in [0.25, 0.3) is 0 Å². The van der Waals surface area contributed by atoms with Crippen molar-refractivity contribution in [1.82, 2.24) is 19.6 Å². The van der Waals surface area contributed by atoms with E-state index in [-0.39, 0.29) is 5.95 Å². The number of aromatic nitrogens is 4. The van der Waals surface area contributed by atoms with Gasteiger partial charge in [-0.1, -0.05) is 30.3 Å². The monoisotopic (exact) mass is 309 g/mol. The standard InChI is InChI=1S/C16H19N7/c17-15-19-12(11-7-3-1-4-8-11)13-14(21-15)23(16(18)20-13)22-9-5-2-6-10-22/h1,3-4,7-8H,2,5-6,9-10H2,(H2,18,20)(H2,17,19,21). The zero-order valence-electron chi connectivity index (χ0n) is 12.8. The predicted octanol–water partition coefficient (Wildman–Crippen LogP) is 1.78. The number of hydrogen-bond acceptors (Lipinski definition) is 6. The Morgan fingerprint density at radius 1 is 0.870 bits per heavy atom. The second kappa shape index (κ2) is 5.42. The van der Waals surface area contributed by atoms with Crippen LogP contribution in [0.25, 0.3) is 22.4 Å². The Hall–Kier alpha value is -2.83. The molecular weight excluding hydrogens is 290 g/mol. The first-order valence-electron chi connectivity index (χ1n) is 7.86. The van der Waals surface area contributed by atoms with Gasteiger partial charge in [-0.15, -0.1) is 0 Å². The molecule has 0 aliphatic carbocycles. The fourth-order valence-corrected chi connectivity index (χ4v) is 3.13. The number of benzene rings is 1. The third-order valence-electron chi connectivity index (χ3n) is 4.19. The third-order valence-corrected chi connectivity index (χ3v) is 4.19. The topological polar surface area (TPSA) is 98.9 Å². The summed E-state index contributed by atoms with van der Waals surface area (Å²) >= 11 is 0. The second-order valence-corrected chi connectivity index (χ2v) is 5.76. The molecule has 0 atom stereocenters. The summed E-state index contributed by atoms with van der Waals surface area (Å²) in [6.07, 6.45) is 3.53. The summed E-state index contributed by atoms with van der Waals surface area (Å²) < 4.78 is 1.89. The number of fused-ring (bicyclic) bond motifs is 1. The highest BCUT2D eigenvalue weighted by molar-refractivity contribution is 5.90. The molecule has 1 aromatic carbocycles. The Morgan fingerprint density at radius 2 is 1.61 bits per heavy atom. The normalized spacial score (nSPS) is 15.2. The highest BCUT2D eigenvalue weighted by atomic mass is 15.6. The van der Waals surface area contributed by atoms with E-state index in [1.165, 1.54) is 6.42 Å². The lowest BCUT2D eigenvalue weighted by Gasteiger charge is -2.30. The zero-order chi connectivity index (χ0) is 15.8. The molecule has 4 N–H and O–H groups in total. The molecule has 0 bridgehead atoms. The molecule has 23 heavy (non-hydrogen) atoms. The number of hydrogen-bond donors (Lipinski definition) is 2. The van der Waals surface area contributed by atoms with Crippen LogP contribution in [0.4, 0.5) is 11.9 Å². The van der Waals surface area contributed by atoms with Crippen LogP contribution < -0.4 is 16.5 Å². The Labute approximate surface area is 133 Å². The number of rotatable bonds is 2. The van der Waals surface area contributed by atoms with Crippen molar-refractivity contribution in [2.24, 2.45) is 0 Å². The Balaban J connectivity index is 1.93. The predicted molar refractivity (Wildman–Crippen MR) is 91.4 cm³/mol. The molecule has 7 nitrogen and oxygen atoms in total. The van der Waals surface area contributed by atoms with Crippen molar-refractivity contribution in [1.29, 1.82) is 0 Å². The van der Waals surface area contributed by atoms with E-state index in [9.17, 15) is 0 Å². The summed E-state index contributed by atoms with van der Waals surface area (Å²) in [6.45, 7) is 1.89. The van der Waals surface area contributed by atoms with Crippen LogP contribution in [0.3, 0.4) is 0 Å². The van der Waals surface area contributed by atoms with Crippen LogP contribution in [0.1, 0.15) is 19.3 Å². The molecule has 3 aromatic rings. The van der Waals surface area contributed by atoms with Gasteiger partial charge in [-0.3, -0.25) is 0 Å². The zero-order valence-corrected chi connectivity index (χ0v) is 12.8. The largest absolute Gasteiger partial charge is 0.368 e. The smallest absolute Gasteiger partial charge is 0.222 e. The van der Waals surface area contributed by atoms with Gasteiger partial charge >= 0.3 is 0 Å². The maximum Gasteiger partial charge on any atom is 0.222 e. The average molecular weight is 309 g/mol. The number of nitrogens with zero attached hydrogens (tertiary/aromatic N) is 5. The highest BCUT2D eigenvalue weighted by Gasteiger charge is 2.21. The van der Waals surface area contributed by atoms with Gasteiger partial charge in [-0.2, -0.15) is 4.98 Å². The van der Waals surface area contributed by atoms with Gasteiger partial charge in [0.1, 0.15) is 11.2 Å². The van der Waals surface area contributed by atoms with E-state index < -0.39 is 0 Å². The Kier molecular flexibility index (Phi) is 3.25. The van der Waals surface area contributed by atoms with Crippen molar-refractivity contribution >= 4 is 23.1 Å². The molecule has 1 aliphatic rings. The van der Waals surface area contributed by atoms with E-state index in [1.807, 2.05) is 35.0 Å². The summed E-state index contributed by atoms with van der Waals surface area (Å²) in [7, 11) is 0. The molecule has 0 spiro atoms. The van der Waals surface area contributed by atoms with Gasteiger partial charge in [-0.05, 0) is 19.3 Å². The molecule has 1 saturated heterocycles. The van der Waals surface area contributed by atoms with Crippen molar-refractivity contribution in [3.8, 4) is 11.3 Å². The quantitative estimate of drug-likeness (QED) is 0.748. The van der Waals surface area contributed by atoms with Crippen LogP contribution in [0.5, 0.6) is 0 Å². The first-order valence-corrected chi connectivity index (χ1v) is 7.86. The molecule has 2 aromatic heterocycles. The maximum absolute atomic E-state index is 6.18. The molecule has 7 heteroatoms. The van der Waals surface area contributed by atoms with Crippen LogP contribution in [0.2, 0.25) is 0 Å². The van der Waals surface area contributed by atoms with Crippen LogP contribution in [0.15, 0.2) is 30.3 Å². The molecule has 3 heterocycles. The summed E-state index contributed by atoms with van der Waals surface area (Å²) in [6, 6.07) is 9.86. The van der Waals surface area contributed by atoms with E-state index in [0.717, 1.165) is 37.2 Å². The minimum absolute atomic E-state index is 0.231. The van der Waals surface area contributed by atoms with E-state index in [2.05, 4.69) is 20.0 Å². The fraction of sp³-hybridized carbons (Fsp3) is 0.312. The first kappa shape index (κ1) is 13.8. The molecule has 1 fully saturated rings. The van der Waals surface area contributed by atoms with Gasteiger partial charge < -0.3 is 16.5 Å². The molecule has 0 amide bonds. The average Bonchev–Trinajstić information content (AvgIpc) is 2.91. The number of imidazole rings is 1. The van der Waals surface area contributed by atoms with Gasteiger partial charge in [0.05, 0.1) is 0 Å². The van der Waals surface area contributed by atoms with E-state index in [0.29, 0.717) is 17.1 Å². The summed E-state index contributed by atoms with van der Waals surface area (Å²) in [5, 5.41) is 2.19. The Bertz CT molecular complexity index is 835. The van der Waals surface area contributed by atoms with Gasteiger partial charge in [0.2, 0.25) is 11.9 Å². The van der Waals surface area contributed by atoms with Crippen molar-refractivity contribution < 1.29 is 0 Å². The Morgan fingerprint density at radius 3 is 2.35 bits per heavy atom. The first-order chi connectivity index (χ1) is 11.2. The molecular formula is C16H19N7. The van der Waals surface area contributed by atoms with Crippen molar-refractivity contribution in [2.45, 2.75) is 19.3 Å². The molecule has 0 saturated carbocycles. The maximum atomic E-state index is 6.18. The minimum Gasteiger partial charge on any atom is -0.368 e. The van der Waals surface area contributed by atoms with Crippen LogP contribution in [-0.4, -0.2) is 32.7 Å². The van der Waals surface area contributed by atoms with Gasteiger partial charge in [0, 0.05) is 18.7 Å². The van der Waals surface area contributed by atoms with E-state index in [4.69, 9.17) is 11.5 Å². The van der Waals surface area contributed by atoms with E-state index >= 15 is 0 Å². The fourth-order valence-electron chi connectivity index (χ4n) is 3.13. The molecule has 4 rings (SSSR count). The number of anilines is 2. The summed E-state index contributed by atoms with van der Waals surface area (Å²) in [5.74, 6) is 0.661. The number of nitrogens with two attached hydrogens (primary N) is 2. The molecule has 0 radical (unpaired) electrons. The van der Waals surface area contributed by atoms with Crippen LogP contribution in [0, 0.1) is 0 Å². The lowest BCUT2D eigenvalue weighted by Crippen LogP contribution is -2.39. The van der Waals surface area contributed by atoms with Gasteiger partial charge in [-0.25, -0.2) is 14.6 Å². The number of piperidine rings is 1. The molecule has 1 aliphatic heterocycles. The summed E-state index contributed by atoms with van der Waals surface area (Å²) in [5.41, 5.74) is 15.2. The van der Waals surface area contributed by atoms with Crippen molar-refractivity contribution in [3.05, 3.63) is 30.3 Å². The lowest BCUT2D eigenvalue weighted by molar-refractivity contribution is 0.488. The van der Waals surface area contributed by atoms with Gasteiger partial charge in [0.15, 0.2) is 5.65 Å². The van der Waals surface area contributed by atoms with Crippen molar-refractivity contribution in [2.75, 3.05) is 29.6 Å². The molecule has 0 unspecified atom stereocenters. The van der Waals surface area contributed by atoms with Crippen molar-refractivity contribution in [3.63, 3.8) is 0 Å². The second-order valence-electron chi connectivity index (χ2n) is 5.76. The minimum atomic E-state index is 0.231.